The number of ether oxygens (including phenoxy) is 2. The van der Waals surface area contributed by atoms with E-state index in [0.29, 0.717) is 10.8 Å². The van der Waals surface area contributed by atoms with Crippen LogP contribution in [0.25, 0.3) is 11.1 Å². The van der Waals surface area contributed by atoms with E-state index in [1.54, 1.807) is 7.11 Å². The van der Waals surface area contributed by atoms with Crippen molar-refractivity contribution in [3.05, 3.63) is 52.5 Å². The van der Waals surface area contributed by atoms with Gasteiger partial charge in [-0.2, -0.15) is 0 Å². The van der Waals surface area contributed by atoms with E-state index < -0.39 is 12.0 Å². The van der Waals surface area contributed by atoms with Crippen molar-refractivity contribution in [1.82, 2.24) is 0 Å². The van der Waals surface area contributed by atoms with Gasteiger partial charge in [0.05, 0.1) is 42.3 Å². The molecule has 29 heavy (non-hydrogen) atoms. The Kier molecular flexibility index (Phi) is 4.69. The molecule has 152 valence electrons. The predicted octanol–water partition coefficient (Wildman–Crippen LogP) is 4.40. The van der Waals surface area contributed by atoms with Crippen LogP contribution in [0.3, 0.4) is 0 Å². The van der Waals surface area contributed by atoms with Crippen molar-refractivity contribution in [2.45, 2.75) is 50.4 Å². The van der Waals surface area contributed by atoms with Gasteiger partial charge in [0.25, 0.3) is 0 Å². The third-order valence-electron chi connectivity index (χ3n) is 7.05. The number of aliphatic hydroxyl groups is 1. The van der Waals surface area contributed by atoms with Crippen LogP contribution in [0.15, 0.2) is 36.4 Å². The van der Waals surface area contributed by atoms with Crippen molar-refractivity contribution in [3.63, 3.8) is 0 Å². The Bertz CT molecular complexity index is 971. The van der Waals surface area contributed by atoms with Crippen LogP contribution < -0.4 is 4.74 Å². The highest BCUT2D eigenvalue weighted by atomic mass is 35.5. The zero-order chi connectivity index (χ0) is 20.3. The van der Waals surface area contributed by atoms with Crippen molar-refractivity contribution >= 4 is 17.4 Å². The van der Waals surface area contributed by atoms with E-state index in [9.17, 15) is 9.90 Å². The van der Waals surface area contributed by atoms with Crippen LogP contribution in [0, 0.1) is 11.8 Å². The molecule has 4 nitrogen and oxygen atoms in total. The zero-order valence-electron chi connectivity index (χ0n) is 16.6. The lowest BCUT2D eigenvalue weighted by Crippen LogP contribution is -2.31. The van der Waals surface area contributed by atoms with Crippen LogP contribution in [0.1, 0.15) is 36.8 Å². The number of Topliss-reactive ketones (excluding diaryl/α,β-unsaturated/α-hetero) is 1. The summed E-state index contributed by atoms with van der Waals surface area (Å²) in [4.78, 5) is 13.4. The van der Waals surface area contributed by atoms with Crippen molar-refractivity contribution in [2.24, 2.45) is 11.8 Å². The van der Waals surface area contributed by atoms with Gasteiger partial charge >= 0.3 is 0 Å². The fourth-order valence-electron chi connectivity index (χ4n) is 5.68. The number of aryl methyl sites for hydroxylation is 1. The third-order valence-corrected chi connectivity index (χ3v) is 7.36. The average Bonchev–Trinajstić information content (AvgIpc) is 3.42. The molecule has 2 aromatic rings. The lowest BCUT2D eigenvalue weighted by Gasteiger charge is -2.24. The normalized spacial score (nSPS) is 32.6. The van der Waals surface area contributed by atoms with E-state index in [4.69, 9.17) is 21.1 Å². The van der Waals surface area contributed by atoms with E-state index >= 15 is 0 Å². The second-order valence-corrected chi connectivity index (χ2v) is 8.79. The van der Waals surface area contributed by atoms with Gasteiger partial charge in [-0.1, -0.05) is 42.8 Å². The highest BCUT2D eigenvalue weighted by Crippen LogP contribution is 2.54. The van der Waals surface area contributed by atoms with Crippen LogP contribution in [0.5, 0.6) is 5.75 Å². The highest BCUT2D eigenvalue weighted by Gasteiger charge is 2.62. The summed E-state index contributed by atoms with van der Waals surface area (Å²) in [6, 6.07) is 11.9. The second kappa shape index (κ2) is 7.12. The van der Waals surface area contributed by atoms with E-state index in [1.165, 1.54) is 0 Å². The summed E-state index contributed by atoms with van der Waals surface area (Å²) in [5, 5.41) is 11.7. The van der Waals surface area contributed by atoms with E-state index in [-0.39, 0.29) is 29.8 Å². The molecule has 1 N–H and O–H groups in total. The molecule has 2 aromatic carbocycles. The number of hydrogen-bond acceptors (Lipinski definition) is 4. The second-order valence-electron chi connectivity index (χ2n) is 8.38. The number of aliphatic hydroxyl groups excluding tert-OH is 1. The van der Waals surface area contributed by atoms with E-state index in [0.717, 1.165) is 41.5 Å². The Morgan fingerprint density at radius 1 is 1.14 bits per heavy atom. The van der Waals surface area contributed by atoms with Crippen LogP contribution in [0.4, 0.5) is 0 Å². The SMILES string of the molecule is CCc1ccc(-c2ccc(Cl)c(OC)c2)cc1C1C(=O)C2C3CCC(O3)C2C1O. The number of rotatable bonds is 4. The molecule has 5 rings (SSSR count). The number of benzene rings is 2. The molecule has 3 aliphatic rings. The molecule has 5 heteroatoms. The smallest absolute Gasteiger partial charge is 0.149 e. The maximum absolute atomic E-state index is 13.4. The molecule has 6 unspecified atom stereocenters. The molecule has 2 saturated heterocycles. The lowest BCUT2D eigenvalue weighted by atomic mass is 9.81. The predicted molar refractivity (Wildman–Crippen MR) is 111 cm³/mol. The molecule has 0 radical (unpaired) electrons. The Morgan fingerprint density at radius 2 is 1.86 bits per heavy atom. The molecule has 1 saturated carbocycles. The molecule has 0 spiro atoms. The van der Waals surface area contributed by atoms with Gasteiger partial charge < -0.3 is 14.6 Å². The first-order valence-corrected chi connectivity index (χ1v) is 10.7. The standard InChI is InChI=1S/C24H25ClO4/c1-3-12-4-5-13(14-6-7-16(25)19(11-14)28-2)10-15(12)20-23(26)21-17-8-9-18(29-17)22(21)24(20)27/h4-7,10-11,17-18,20-23,26H,3,8-9H2,1-2H3. The number of halogens is 1. The molecule has 0 amide bonds. The average molecular weight is 413 g/mol. The fraction of sp³-hybridized carbons (Fsp3) is 0.458. The molecule has 2 aliphatic heterocycles. The molecule has 0 aromatic heterocycles. The van der Waals surface area contributed by atoms with Gasteiger partial charge in [0.15, 0.2) is 0 Å². The van der Waals surface area contributed by atoms with E-state index in [1.807, 2.05) is 18.2 Å². The van der Waals surface area contributed by atoms with E-state index in [2.05, 4.69) is 25.1 Å². The zero-order valence-corrected chi connectivity index (χ0v) is 17.4. The third kappa shape index (κ3) is 2.84. The summed E-state index contributed by atoms with van der Waals surface area (Å²) in [5.41, 5.74) is 4.02. The van der Waals surface area contributed by atoms with Gasteiger partial charge in [-0.15, -0.1) is 0 Å². The van der Waals surface area contributed by atoms with Gasteiger partial charge in [0.2, 0.25) is 0 Å². The van der Waals surface area contributed by atoms with Gasteiger partial charge in [0, 0.05) is 5.92 Å². The quantitative estimate of drug-likeness (QED) is 0.808. The van der Waals surface area contributed by atoms with Crippen molar-refractivity contribution in [1.29, 1.82) is 0 Å². The summed E-state index contributed by atoms with van der Waals surface area (Å²) in [6.45, 7) is 2.09. The first kappa shape index (κ1) is 19.1. The van der Waals surface area contributed by atoms with Crippen LogP contribution in [-0.4, -0.2) is 36.3 Å². The molecular weight excluding hydrogens is 388 g/mol. The fourth-order valence-corrected chi connectivity index (χ4v) is 5.88. The Balaban J connectivity index is 1.57. The number of fused-ring (bicyclic) bond motifs is 5. The number of methoxy groups -OCH3 is 1. The molecule has 2 heterocycles. The highest BCUT2D eigenvalue weighted by molar-refractivity contribution is 6.32. The minimum absolute atomic E-state index is 0.00839. The van der Waals surface area contributed by atoms with Crippen molar-refractivity contribution in [2.75, 3.05) is 7.11 Å². The number of carbonyl (C=O) groups is 1. The molecular formula is C24H25ClO4. The van der Waals surface area contributed by atoms with Gasteiger partial charge in [0.1, 0.15) is 11.5 Å². The summed E-state index contributed by atoms with van der Waals surface area (Å²) in [5.74, 6) is 0.0785. The van der Waals surface area contributed by atoms with Gasteiger partial charge in [-0.3, -0.25) is 4.79 Å². The Hall–Kier alpha value is -1.88. The van der Waals surface area contributed by atoms with Crippen LogP contribution >= 0.6 is 11.6 Å². The summed E-state index contributed by atoms with van der Waals surface area (Å²) in [6.07, 6.45) is 2.04. The number of ketones is 1. The molecule has 2 bridgehead atoms. The van der Waals surface area contributed by atoms with Crippen LogP contribution in [-0.2, 0) is 16.0 Å². The van der Waals surface area contributed by atoms with Gasteiger partial charge in [-0.25, -0.2) is 0 Å². The number of hydrogen-bond donors (Lipinski definition) is 1. The Morgan fingerprint density at radius 3 is 2.59 bits per heavy atom. The first-order valence-electron chi connectivity index (χ1n) is 10.4. The first-order chi connectivity index (χ1) is 14.0. The van der Waals surface area contributed by atoms with Crippen molar-refractivity contribution in [3.8, 4) is 16.9 Å². The minimum Gasteiger partial charge on any atom is -0.495 e. The molecule has 3 fully saturated rings. The topological polar surface area (TPSA) is 55.8 Å². The number of carbonyl (C=O) groups excluding carboxylic acids is 1. The molecule has 1 aliphatic carbocycles. The maximum Gasteiger partial charge on any atom is 0.149 e. The van der Waals surface area contributed by atoms with Gasteiger partial charge in [-0.05, 0) is 53.6 Å². The summed E-state index contributed by atoms with van der Waals surface area (Å²) in [7, 11) is 1.60. The maximum atomic E-state index is 13.4. The summed E-state index contributed by atoms with van der Waals surface area (Å²) >= 11 is 6.18. The monoisotopic (exact) mass is 412 g/mol. The van der Waals surface area contributed by atoms with Crippen molar-refractivity contribution < 1.29 is 19.4 Å². The minimum atomic E-state index is -0.678. The van der Waals surface area contributed by atoms with Crippen LogP contribution in [0.2, 0.25) is 5.02 Å². The lowest BCUT2D eigenvalue weighted by molar-refractivity contribution is -0.124. The Labute approximate surface area is 175 Å². The summed E-state index contributed by atoms with van der Waals surface area (Å²) < 4.78 is 11.3. The largest absolute Gasteiger partial charge is 0.495 e. The molecule has 6 atom stereocenters.